The van der Waals surface area contributed by atoms with Crippen LogP contribution in [0.1, 0.15) is 36.7 Å². The van der Waals surface area contributed by atoms with Crippen molar-refractivity contribution >= 4 is 11.8 Å². The highest BCUT2D eigenvalue weighted by atomic mass is 19.2. The molecule has 1 spiro atoms. The van der Waals surface area contributed by atoms with Gasteiger partial charge in [-0.3, -0.25) is 9.59 Å². The number of nitrogens with one attached hydrogen (secondary N) is 1. The van der Waals surface area contributed by atoms with E-state index in [9.17, 15) is 18.4 Å². The molecule has 1 fully saturated rings. The third kappa shape index (κ3) is 2.96. The number of hydrogen-bond donors (Lipinski definition) is 1. The zero-order valence-corrected chi connectivity index (χ0v) is 15.7. The van der Waals surface area contributed by atoms with E-state index in [2.05, 4.69) is 9.97 Å². The van der Waals surface area contributed by atoms with Gasteiger partial charge in [0.05, 0.1) is 24.0 Å². The quantitative estimate of drug-likeness (QED) is 0.857. The topological polar surface area (TPSA) is 69.3 Å². The number of halogens is 2. The molecular weight excluding hydrogens is 366 g/mol. The van der Waals surface area contributed by atoms with Gasteiger partial charge in [0.1, 0.15) is 0 Å². The summed E-state index contributed by atoms with van der Waals surface area (Å²) in [5.41, 5.74) is 1.47. The van der Waals surface area contributed by atoms with E-state index >= 15 is 0 Å². The number of aromatic amines is 1. The molecule has 2 aliphatic heterocycles. The van der Waals surface area contributed by atoms with E-state index in [-0.39, 0.29) is 23.8 Å². The third-order valence-corrected chi connectivity index (χ3v) is 5.96. The largest absolute Gasteiger partial charge is 0.348 e. The average molecular weight is 388 g/mol. The van der Waals surface area contributed by atoms with Crippen LogP contribution in [0.2, 0.25) is 0 Å². The molecule has 0 unspecified atom stereocenters. The van der Waals surface area contributed by atoms with Gasteiger partial charge in [0.15, 0.2) is 11.6 Å². The lowest BCUT2D eigenvalue weighted by Crippen LogP contribution is -2.58. The van der Waals surface area contributed by atoms with E-state index in [1.165, 1.54) is 12.1 Å². The predicted molar refractivity (Wildman–Crippen MR) is 97.2 cm³/mol. The summed E-state index contributed by atoms with van der Waals surface area (Å²) in [5.74, 6) is -2.17. The molecule has 2 aromatic rings. The number of likely N-dealkylation sites (tertiary alicyclic amines) is 1. The van der Waals surface area contributed by atoms with Gasteiger partial charge in [-0.25, -0.2) is 13.8 Å². The van der Waals surface area contributed by atoms with Gasteiger partial charge in [0.25, 0.3) is 0 Å². The van der Waals surface area contributed by atoms with Gasteiger partial charge < -0.3 is 14.8 Å². The zero-order valence-electron chi connectivity index (χ0n) is 15.7. The molecule has 4 rings (SSSR count). The number of imidazole rings is 1. The van der Waals surface area contributed by atoms with Gasteiger partial charge in [-0.15, -0.1) is 0 Å². The van der Waals surface area contributed by atoms with Gasteiger partial charge in [-0.2, -0.15) is 0 Å². The minimum atomic E-state index is -0.972. The van der Waals surface area contributed by atoms with Crippen LogP contribution in [0.3, 0.4) is 0 Å². The number of carbonyl (C=O) groups excluding carboxylic acids is 2. The lowest BCUT2D eigenvalue weighted by molar-refractivity contribution is -0.142. The summed E-state index contributed by atoms with van der Waals surface area (Å²) in [6.45, 7) is 3.05. The molecule has 2 amide bonds. The summed E-state index contributed by atoms with van der Waals surface area (Å²) in [4.78, 5) is 36.1. The van der Waals surface area contributed by atoms with Crippen molar-refractivity contribution in [2.24, 2.45) is 0 Å². The minimum absolute atomic E-state index is 0.00439. The van der Waals surface area contributed by atoms with Gasteiger partial charge in [-0.05, 0) is 18.9 Å². The number of nitrogens with zero attached hydrogens (tertiary/aromatic N) is 3. The van der Waals surface area contributed by atoms with Crippen molar-refractivity contribution in [2.75, 3.05) is 19.6 Å². The highest BCUT2D eigenvalue weighted by molar-refractivity contribution is 5.79. The van der Waals surface area contributed by atoms with Crippen molar-refractivity contribution in [3.8, 4) is 0 Å². The summed E-state index contributed by atoms with van der Waals surface area (Å²) < 4.78 is 27.3. The van der Waals surface area contributed by atoms with Gasteiger partial charge in [0, 0.05) is 44.2 Å². The van der Waals surface area contributed by atoms with Crippen molar-refractivity contribution < 1.29 is 18.4 Å². The van der Waals surface area contributed by atoms with Crippen molar-refractivity contribution in [2.45, 2.75) is 38.1 Å². The first kappa shape index (κ1) is 18.6. The minimum Gasteiger partial charge on any atom is -0.348 e. The second kappa shape index (κ2) is 7.00. The number of fused-ring (bicyclic) bond motifs is 2. The van der Waals surface area contributed by atoms with E-state index in [4.69, 9.17) is 0 Å². The molecule has 1 N–H and O–H groups in total. The fourth-order valence-electron chi connectivity index (χ4n) is 4.53. The normalized spacial score (nSPS) is 18.2. The predicted octanol–water partition coefficient (Wildman–Crippen LogP) is 2.15. The molecule has 148 valence electrons. The summed E-state index contributed by atoms with van der Waals surface area (Å²) in [6.07, 6.45) is 3.35. The molecule has 1 aromatic heterocycles. The Labute approximate surface area is 161 Å². The Kier molecular flexibility index (Phi) is 4.64. The van der Waals surface area contributed by atoms with Crippen LogP contribution in [0.5, 0.6) is 0 Å². The summed E-state index contributed by atoms with van der Waals surface area (Å²) in [6, 6.07) is 3.86. The third-order valence-electron chi connectivity index (χ3n) is 5.96. The molecule has 2 aliphatic rings. The number of amides is 2. The highest BCUT2D eigenvalue weighted by Gasteiger charge is 2.48. The van der Waals surface area contributed by atoms with Gasteiger partial charge in [-0.1, -0.05) is 12.1 Å². The summed E-state index contributed by atoms with van der Waals surface area (Å²) in [7, 11) is 0. The molecule has 28 heavy (non-hydrogen) atoms. The number of aromatic nitrogens is 2. The number of hydrogen-bond acceptors (Lipinski definition) is 3. The molecule has 0 bridgehead atoms. The Hall–Kier alpha value is -2.77. The number of rotatable bonds is 2. The second-order valence-corrected chi connectivity index (χ2v) is 7.45. The zero-order chi connectivity index (χ0) is 19.9. The van der Waals surface area contributed by atoms with E-state index in [1.807, 2.05) is 4.90 Å². The van der Waals surface area contributed by atoms with Crippen LogP contribution in [0.15, 0.2) is 24.5 Å². The Morgan fingerprint density at radius 2 is 1.96 bits per heavy atom. The summed E-state index contributed by atoms with van der Waals surface area (Å²) in [5, 5.41) is 0. The molecule has 1 saturated heterocycles. The second-order valence-electron chi connectivity index (χ2n) is 7.45. The van der Waals surface area contributed by atoms with Gasteiger partial charge >= 0.3 is 0 Å². The van der Waals surface area contributed by atoms with Crippen molar-refractivity contribution in [3.63, 3.8) is 0 Å². The number of carbonyl (C=O) groups is 2. The Morgan fingerprint density at radius 1 is 1.21 bits per heavy atom. The standard InChI is InChI=1S/C20H22F2N4O2/c1-13(27)26-8-5-16-19(24-12-23-16)20(26)6-9-25(10-7-20)17(28)11-14-3-2-4-15(21)18(14)22/h2-4,12H,5-11H2,1H3,(H,23,24). The Bertz CT molecular complexity index is 919. The monoisotopic (exact) mass is 388 g/mol. The van der Waals surface area contributed by atoms with Crippen LogP contribution in [0, 0.1) is 11.6 Å². The first-order valence-corrected chi connectivity index (χ1v) is 9.44. The van der Waals surface area contributed by atoms with Crippen molar-refractivity contribution in [3.05, 3.63) is 53.1 Å². The number of benzene rings is 1. The molecule has 0 radical (unpaired) electrons. The molecule has 0 atom stereocenters. The molecule has 0 aliphatic carbocycles. The maximum Gasteiger partial charge on any atom is 0.227 e. The van der Waals surface area contributed by atoms with E-state index in [0.717, 1.165) is 23.9 Å². The lowest BCUT2D eigenvalue weighted by atomic mass is 9.78. The molecule has 0 saturated carbocycles. The fourth-order valence-corrected chi connectivity index (χ4v) is 4.53. The molecule has 8 heteroatoms. The van der Waals surface area contributed by atoms with E-state index < -0.39 is 17.2 Å². The van der Waals surface area contributed by atoms with E-state index in [0.29, 0.717) is 32.5 Å². The van der Waals surface area contributed by atoms with Crippen molar-refractivity contribution in [1.29, 1.82) is 0 Å². The van der Waals surface area contributed by atoms with Crippen LogP contribution >= 0.6 is 0 Å². The molecule has 3 heterocycles. The van der Waals surface area contributed by atoms with Crippen LogP contribution in [0.4, 0.5) is 8.78 Å². The Morgan fingerprint density at radius 3 is 2.68 bits per heavy atom. The maximum absolute atomic E-state index is 13.9. The van der Waals surface area contributed by atoms with Crippen LogP contribution in [-0.4, -0.2) is 51.2 Å². The average Bonchev–Trinajstić information content (AvgIpc) is 3.16. The smallest absolute Gasteiger partial charge is 0.227 e. The number of H-pyrrole nitrogens is 1. The highest BCUT2D eigenvalue weighted by Crippen LogP contribution is 2.42. The number of piperidine rings is 1. The van der Waals surface area contributed by atoms with E-state index in [1.54, 1.807) is 18.2 Å². The first-order valence-electron chi connectivity index (χ1n) is 9.44. The SMILES string of the molecule is CC(=O)N1CCc2[nH]cnc2C12CCN(C(=O)Cc1cccc(F)c1F)CC2. The maximum atomic E-state index is 13.9. The Balaban J connectivity index is 1.51. The van der Waals surface area contributed by atoms with Crippen LogP contribution < -0.4 is 0 Å². The van der Waals surface area contributed by atoms with Crippen LogP contribution in [0.25, 0.3) is 0 Å². The first-order chi connectivity index (χ1) is 13.4. The summed E-state index contributed by atoms with van der Waals surface area (Å²) >= 11 is 0. The molecule has 1 aromatic carbocycles. The molecular formula is C20H22F2N4O2. The molecule has 6 nitrogen and oxygen atoms in total. The van der Waals surface area contributed by atoms with Gasteiger partial charge in [0.2, 0.25) is 11.8 Å². The fraction of sp³-hybridized carbons (Fsp3) is 0.450. The van der Waals surface area contributed by atoms with Crippen molar-refractivity contribution in [1.82, 2.24) is 19.8 Å². The lowest BCUT2D eigenvalue weighted by Gasteiger charge is -2.50. The van der Waals surface area contributed by atoms with Crippen LogP contribution in [-0.2, 0) is 28.0 Å².